The first-order valence-electron chi connectivity index (χ1n) is 7.95. The molecule has 0 saturated carbocycles. The van der Waals surface area contributed by atoms with Crippen molar-refractivity contribution in [2.45, 2.75) is 45.7 Å². The van der Waals surface area contributed by atoms with E-state index in [4.69, 9.17) is 0 Å². The van der Waals surface area contributed by atoms with Gasteiger partial charge in [-0.2, -0.15) is 4.37 Å². The third-order valence-electron chi connectivity index (χ3n) is 3.97. The third-order valence-corrected chi connectivity index (χ3v) is 4.68. The number of anilines is 1. The standard InChI is InChI=1S/C17H22N4OS/c1-11(2)17-19-16(23-20-17)10-21-9-14(18-12(3)22)8-13-6-4-5-7-15(13)21/h4-7,11,14H,8-10H2,1-3H3,(H,18,22). The second-order valence-corrected chi connectivity index (χ2v) is 7.15. The molecule has 0 saturated heterocycles. The average Bonchev–Trinajstić information content (AvgIpc) is 2.95. The average molecular weight is 330 g/mol. The molecule has 1 atom stereocenters. The highest BCUT2D eigenvalue weighted by atomic mass is 32.1. The summed E-state index contributed by atoms with van der Waals surface area (Å²) >= 11 is 1.47. The van der Waals surface area contributed by atoms with Crippen molar-refractivity contribution in [3.63, 3.8) is 0 Å². The van der Waals surface area contributed by atoms with E-state index < -0.39 is 0 Å². The summed E-state index contributed by atoms with van der Waals surface area (Å²) in [5.41, 5.74) is 2.50. The topological polar surface area (TPSA) is 58.1 Å². The van der Waals surface area contributed by atoms with Crippen LogP contribution in [-0.2, 0) is 17.8 Å². The Morgan fingerprint density at radius 1 is 1.43 bits per heavy atom. The van der Waals surface area contributed by atoms with Crippen molar-refractivity contribution in [2.75, 3.05) is 11.4 Å². The molecule has 23 heavy (non-hydrogen) atoms. The molecular weight excluding hydrogens is 308 g/mol. The van der Waals surface area contributed by atoms with Crippen LogP contribution in [0.25, 0.3) is 0 Å². The monoisotopic (exact) mass is 330 g/mol. The number of nitrogens with zero attached hydrogens (tertiary/aromatic N) is 3. The molecule has 2 heterocycles. The van der Waals surface area contributed by atoms with E-state index in [9.17, 15) is 4.79 Å². The summed E-state index contributed by atoms with van der Waals surface area (Å²) in [7, 11) is 0. The van der Waals surface area contributed by atoms with E-state index in [0.717, 1.165) is 30.3 Å². The molecule has 0 radical (unpaired) electrons. The molecule has 1 amide bonds. The summed E-state index contributed by atoms with van der Waals surface area (Å²) in [5.74, 6) is 1.28. The number of benzene rings is 1. The lowest BCUT2D eigenvalue weighted by Gasteiger charge is -2.35. The van der Waals surface area contributed by atoms with Crippen molar-refractivity contribution in [1.82, 2.24) is 14.7 Å². The molecule has 5 nitrogen and oxygen atoms in total. The van der Waals surface area contributed by atoms with Gasteiger partial charge in [0, 0.05) is 25.1 Å². The number of nitrogens with one attached hydrogen (secondary N) is 1. The van der Waals surface area contributed by atoms with Gasteiger partial charge in [-0.15, -0.1) is 0 Å². The van der Waals surface area contributed by atoms with E-state index in [2.05, 4.69) is 57.7 Å². The Morgan fingerprint density at radius 3 is 2.91 bits per heavy atom. The molecule has 0 spiro atoms. The van der Waals surface area contributed by atoms with Crippen LogP contribution in [0.5, 0.6) is 0 Å². The van der Waals surface area contributed by atoms with Gasteiger partial charge in [0.15, 0.2) is 0 Å². The Balaban J connectivity index is 1.82. The van der Waals surface area contributed by atoms with Crippen molar-refractivity contribution >= 4 is 23.1 Å². The van der Waals surface area contributed by atoms with Gasteiger partial charge in [-0.3, -0.25) is 4.79 Å². The molecule has 2 aromatic rings. The predicted molar refractivity (Wildman–Crippen MR) is 92.8 cm³/mol. The minimum absolute atomic E-state index is 0.0207. The molecule has 6 heteroatoms. The minimum atomic E-state index is 0.0207. The quantitative estimate of drug-likeness (QED) is 0.936. The normalized spacial score (nSPS) is 17.2. The number of fused-ring (bicyclic) bond motifs is 1. The summed E-state index contributed by atoms with van der Waals surface area (Å²) in [6, 6.07) is 8.53. The summed E-state index contributed by atoms with van der Waals surface area (Å²) in [5, 5.41) is 4.07. The van der Waals surface area contributed by atoms with Gasteiger partial charge in [-0.1, -0.05) is 32.0 Å². The number of hydrogen-bond donors (Lipinski definition) is 1. The lowest BCUT2D eigenvalue weighted by Crippen LogP contribution is -2.47. The van der Waals surface area contributed by atoms with Gasteiger partial charge in [0.1, 0.15) is 10.8 Å². The molecule has 1 aliphatic rings. The SMILES string of the molecule is CC(=O)NC1Cc2ccccc2N(Cc2nc(C(C)C)ns2)C1. The van der Waals surface area contributed by atoms with Crippen molar-refractivity contribution in [3.05, 3.63) is 40.7 Å². The molecule has 122 valence electrons. The molecule has 1 aromatic heterocycles. The van der Waals surface area contributed by atoms with Gasteiger partial charge in [-0.25, -0.2) is 4.98 Å². The molecule has 0 fully saturated rings. The highest BCUT2D eigenvalue weighted by molar-refractivity contribution is 7.05. The zero-order valence-electron chi connectivity index (χ0n) is 13.7. The summed E-state index contributed by atoms with van der Waals surface area (Å²) < 4.78 is 4.44. The Kier molecular flexibility index (Phi) is 4.61. The number of rotatable bonds is 4. The van der Waals surface area contributed by atoms with Crippen LogP contribution < -0.4 is 10.2 Å². The first kappa shape index (κ1) is 15.9. The van der Waals surface area contributed by atoms with Crippen molar-refractivity contribution in [3.8, 4) is 0 Å². The number of carbonyl (C=O) groups is 1. The van der Waals surface area contributed by atoms with E-state index in [1.807, 2.05) is 0 Å². The van der Waals surface area contributed by atoms with Crippen LogP contribution >= 0.6 is 11.5 Å². The van der Waals surface area contributed by atoms with Crippen LogP contribution in [0.3, 0.4) is 0 Å². The maximum Gasteiger partial charge on any atom is 0.217 e. The highest BCUT2D eigenvalue weighted by Crippen LogP contribution is 2.29. The van der Waals surface area contributed by atoms with Gasteiger partial charge in [0.2, 0.25) is 5.91 Å². The smallest absolute Gasteiger partial charge is 0.217 e. The lowest BCUT2D eigenvalue weighted by molar-refractivity contribution is -0.119. The molecule has 1 N–H and O–H groups in total. The van der Waals surface area contributed by atoms with Gasteiger partial charge < -0.3 is 10.2 Å². The number of amides is 1. The summed E-state index contributed by atoms with van der Waals surface area (Å²) in [4.78, 5) is 18.4. The Labute approximate surface area is 140 Å². The summed E-state index contributed by atoms with van der Waals surface area (Å²) in [6.45, 7) is 7.32. The predicted octanol–water partition coefficient (Wildman–Crippen LogP) is 2.73. The van der Waals surface area contributed by atoms with Gasteiger partial charge >= 0.3 is 0 Å². The van der Waals surface area contributed by atoms with Crippen LogP contribution in [0.1, 0.15) is 43.1 Å². The van der Waals surface area contributed by atoms with Gasteiger partial charge in [-0.05, 0) is 29.6 Å². The van der Waals surface area contributed by atoms with E-state index in [1.54, 1.807) is 6.92 Å². The molecule has 0 aliphatic carbocycles. The molecule has 1 aromatic carbocycles. The number of aromatic nitrogens is 2. The molecule has 3 rings (SSSR count). The van der Waals surface area contributed by atoms with Crippen LogP contribution in [-0.4, -0.2) is 27.9 Å². The Morgan fingerprint density at radius 2 is 2.22 bits per heavy atom. The van der Waals surface area contributed by atoms with E-state index in [1.165, 1.54) is 22.8 Å². The maximum atomic E-state index is 11.4. The summed E-state index contributed by atoms with van der Waals surface area (Å²) in [6.07, 6.45) is 0.875. The zero-order valence-corrected chi connectivity index (χ0v) is 14.6. The van der Waals surface area contributed by atoms with Crippen molar-refractivity contribution < 1.29 is 4.79 Å². The number of carbonyl (C=O) groups excluding carboxylic acids is 1. The third kappa shape index (κ3) is 3.69. The molecular formula is C17H22N4OS. The largest absolute Gasteiger partial charge is 0.362 e. The van der Waals surface area contributed by atoms with E-state index >= 15 is 0 Å². The Hall–Kier alpha value is -1.95. The van der Waals surface area contributed by atoms with E-state index in [-0.39, 0.29) is 11.9 Å². The van der Waals surface area contributed by atoms with Crippen molar-refractivity contribution in [2.24, 2.45) is 0 Å². The fraction of sp³-hybridized carbons (Fsp3) is 0.471. The maximum absolute atomic E-state index is 11.4. The first-order chi connectivity index (χ1) is 11.0. The second-order valence-electron chi connectivity index (χ2n) is 6.31. The number of para-hydroxylation sites is 1. The molecule has 0 bridgehead atoms. The first-order valence-corrected chi connectivity index (χ1v) is 8.72. The zero-order chi connectivity index (χ0) is 16.4. The lowest BCUT2D eigenvalue weighted by atomic mass is 9.98. The van der Waals surface area contributed by atoms with E-state index in [0.29, 0.717) is 5.92 Å². The Bertz CT molecular complexity index is 697. The van der Waals surface area contributed by atoms with Crippen LogP contribution in [0.4, 0.5) is 5.69 Å². The van der Waals surface area contributed by atoms with Crippen LogP contribution in [0.15, 0.2) is 24.3 Å². The highest BCUT2D eigenvalue weighted by Gasteiger charge is 2.25. The number of hydrogen-bond acceptors (Lipinski definition) is 5. The second kappa shape index (κ2) is 6.66. The van der Waals surface area contributed by atoms with Crippen molar-refractivity contribution in [1.29, 1.82) is 0 Å². The fourth-order valence-corrected chi connectivity index (χ4v) is 3.75. The van der Waals surface area contributed by atoms with Gasteiger partial charge in [0.25, 0.3) is 0 Å². The fourth-order valence-electron chi connectivity index (χ4n) is 2.95. The van der Waals surface area contributed by atoms with Crippen LogP contribution in [0.2, 0.25) is 0 Å². The molecule has 1 unspecified atom stereocenters. The van der Waals surface area contributed by atoms with Gasteiger partial charge in [0.05, 0.1) is 12.6 Å². The minimum Gasteiger partial charge on any atom is -0.362 e. The van der Waals surface area contributed by atoms with Crippen LogP contribution in [0, 0.1) is 0 Å². The molecule has 1 aliphatic heterocycles.